The van der Waals surface area contributed by atoms with Gasteiger partial charge in [-0.15, -0.1) is 0 Å². The zero-order chi connectivity index (χ0) is 7.24. The van der Waals surface area contributed by atoms with Crippen LogP contribution in [0.4, 0.5) is 0 Å². The van der Waals surface area contributed by atoms with Crippen molar-refractivity contribution >= 4 is 0 Å². The van der Waals surface area contributed by atoms with Crippen LogP contribution in [0.3, 0.4) is 0 Å². The van der Waals surface area contributed by atoms with E-state index >= 15 is 0 Å². The van der Waals surface area contributed by atoms with Crippen LogP contribution < -0.4 is 5.32 Å². The molecule has 0 amide bonds. The van der Waals surface area contributed by atoms with E-state index in [9.17, 15) is 0 Å². The molecule has 0 radical (unpaired) electrons. The number of hydrogen-bond acceptors (Lipinski definition) is 1. The Morgan fingerprint density at radius 1 is 1.10 bits per heavy atom. The van der Waals surface area contributed by atoms with Gasteiger partial charge in [0.25, 0.3) is 0 Å². The second-order valence-electron chi connectivity index (χ2n) is 4.94. The quantitative estimate of drug-likeness (QED) is 0.539. The number of nitrogens with one attached hydrogen (secondary N) is 1. The van der Waals surface area contributed by atoms with Gasteiger partial charge in [0, 0.05) is 13.1 Å². The van der Waals surface area contributed by atoms with Crippen LogP contribution in [-0.4, -0.2) is 13.1 Å². The molecule has 1 spiro atoms. The van der Waals surface area contributed by atoms with Gasteiger partial charge in [0.05, 0.1) is 0 Å². The molecule has 2 rings (SSSR count). The molecule has 0 bridgehead atoms. The van der Waals surface area contributed by atoms with Gasteiger partial charge >= 0.3 is 0 Å². The molecule has 2 aliphatic rings. The molecule has 1 heterocycles. The zero-order valence-electron chi connectivity index (χ0n) is 7.04. The number of rotatable bonds is 0. The molecule has 1 saturated heterocycles. The highest BCUT2D eigenvalue weighted by Gasteiger charge is 2.48. The molecule has 1 aliphatic carbocycles. The Labute approximate surface area is 63.2 Å². The van der Waals surface area contributed by atoms with Crippen LogP contribution in [0.2, 0.25) is 0 Å². The van der Waals surface area contributed by atoms with Crippen LogP contribution in [0.25, 0.3) is 0 Å². The summed E-state index contributed by atoms with van der Waals surface area (Å²) in [7, 11) is 0. The van der Waals surface area contributed by atoms with Gasteiger partial charge < -0.3 is 5.32 Å². The summed E-state index contributed by atoms with van der Waals surface area (Å²) in [5.74, 6) is 0. The van der Waals surface area contributed by atoms with Crippen molar-refractivity contribution in [1.29, 1.82) is 0 Å². The minimum absolute atomic E-state index is 0.564. The monoisotopic (exact) mass is 139 g/mol. The fraction of sp³-hybridized carbons (Fsp3) is 1.00. The molecule has 0 atom stereocenters. The Morgan fingerprint density at radius 2 is 1.80 bits per heavy atom. The van der Waals surface area contributed by atoms with Crippen LogP contribution in [0.15, 0.2) is 0 Å². The molecule has 1 nitrogen and oxygen atoms in total. The highest BCUT2D eigenvalue weighted by Crippen LogP contribution is 2.54. The van der Waals surface area contributed by atoms with Gasteiger partial charge in [-0.25, -0.2) is 0 Å². The van der Waals surface area contributed by atoms with E-state index in [0.717, 1.165) is 5.41 Å². The van der Waals surface area contributed by atoms with E-state index in [-0.39, 0.29) is 0 Å². The van der Waals surface area contributed by atoms with Crippen LogP contribution in [-0.2, 0) is 0 Å². The van der Waals surface area contributed by atoms with Gasteiger partial charge in [-0.3, -0.25) is 0 Å². The van der Waals surface area contributed by atoms with E-state index in [1.807, 2.05) is 0 Å². The Balaban J connectivity index is 2.04. The van der Waals surface area contributed by atoms with E-state index in [1.165, 1.54) is 32.4 Å². The van der Waals surface area contributed by atoms with E-state index in [1.54, 1.807) is 0 Å². The maximum Gasteiger partial charge on any atom is 0.000825 e. The third kappa shape index (κ3) is 1.07. The average Bonchev–Trinajstić information content (AvgIpc) is 2.45. The molecule has 0 aromatic carbocycles. The summed E-state index contributed by atoms with van der Waals surface area (Å²) in [6.45, 7) is 7.25. The second kappa shape index (κ2) is 1.76. The maximum atomic E-state index is 3.53. The van der Waals surface area contributed by atoms with Crippen molar-refractivity contribution in [3.05, 3.63) is 0 Å². The highest BCUT2D eigenvalue weighted by atomic mass is 14.9. The number of piperidine rings is 1. The van der Waals surface area contributed by atoms with Crippen LogP contribution in [0.5, 0.6) is 0 Å². The molecule has 1 saturated carbocycles. The van der Waals surface area contributed by atoms with Crippen LogP contribution >= 0.6 is 0 Å². The van der Waals surface area contributed by atoms with Crippen molar-refractivity contribution in [3.8, 4) is 0 Å². The van der Waals surface area contributed by atoms with Gasteiger partial charge in [0.1, 0.15) is 0 Å². The molecular weight excluding hydrogens is 122 g/mol. The fourth-order valence-electron chi connectivity index (χ4n) is 2.34. The first-order chi connectivity index (χ1) is 4.62. The first kappa shape index (κ1) is 6.66. The normalized spacial score (nSPS) is 34.2. The topological polar surface area (TPSA) is 12.0 Å². The summed E-state index contributed by atoms with van der Waals surface area (Å²) in [6.07, 6.45) is 4.40. The van der Waals surface area contributed by atoms with E-state index < -0.39 is 0 Å². The van der Waals surface area contributed by atoms with Crippen LogP contribution in [0.1, 0.15) is 33.1 Å². The van der Waals surface area contributed by atoms with Gasteiger partial charge in [-0.2, -0.15) is 0 Å². The summed E-state index contributed by atoms with van der Waals surface area (Å²) in [5, 5.41) is 3.53. The Hall–Kier alpha value is -0.0400. The van der Waals surface area contributed by atoms with Gasteiger partial charge in [0.2, 0.25) is 0 Å². The lowest BCUT2D eigenvalue weighted by molar-refractivity contribution is 0.185. The largest absolute Gasteiger partial charge is 0.316 e. The van der Waals surface area contributed by atoms with Crippen molar-refractivity contribution in [2.24, 2.45) is 10.8 Å². The smallest absolute Gasteiger partial charge is 0.000825 e. The minimum atomic E-state index is 0.564. The summed E-state index contributed by atoms with van der Waals surface area (Å²) in [5.41, 5.74) is 1.32. The highest BCUT2D eigenvalue weighted by molar-refractivity contribution is 5.01. The third-order valence-corrected chi connectivity index (χ3v) is 2.91. The van der Waals surface area contributed by atoms with Crippen molar-refractivity contribution < 1.29 is 0 Å². The van der Waals surface area contributed by atoms with Crippen molar-refractivity contribution in [3.63, 3.8) is 0 Å². The average molecular weight is 139 g/mol. The Kier molecular flexibility index (Phi) is 1.17. The molecule has 0 unspecified atom stereocenters. The lowest BCUT2D eigenvalue weighted by Gasteiger charge is -2.36. The molecular formula is C9H17N. The van der Waals surface area contributed by atoms with E-state index in [4.69, 9.17) is 0 Å². The van der Waals surface area contributed by atoms with Crippen molar-refractivity contribution in [2.75, 3.05) is 13.1 Å². The second-order valence-corrected chi connectivity index (χ2v) is 4.94. The first-order valence-corrected chi connectivity index (χ1v) is 4.33. The summed E-state index contributed by atoms with van der Waals surface area (Å²) >= 11 is 0. The molecule has 1 aliphatic heterocycles. The first-order valence-electron chi connectivity index (χ1n) is 4.33. The molecule has 1 heteroatoms. The maximum absolute atomic E-state index is 3.53. The zero-order valence-corrected chi connectivity index (χ0v) is 7.04. The van der Waals surface area contributed by atoms with Crippen molar-refractivity contribution in [2.45, 2.75) is 33.1 Å². The van der Waals surface area contributed by atoms with Crippen molar-refractivity contribution in [1.82, 2.24) is 5.32 Å². The molecule has 10 heavy (non-hydrogen) atoms. The lowest BCUT2D eigenvalue weighted by Crippen LogP contribution is -2.42. The molecule has 1 N–H and O–H groups in total. The fourth-order valence-corrected chi connectivity index (χ4v) is 2.34. The molecule has 0 aromatic heterocycles. The SMILES string of the molecule is CC1(C)CNCC2(CC2)C1. The van der Waals surface area contributed by atoms with Gasteiger partial charge in [-0.05, 0) is 30.1 Å². The number of hydrogen-bond donors (Lipinski definition) is 1. The summed E-state index contributed by atoms with van der Waals surface area (Å²) in [6, 6.07) is 0. The molecule has 58 valence electrons. The standard InChI is InChI=1S/C9H17N/c1-8(2)5-9(3-4-9)7-10-6-8/h10H,3-7H2,1-2H3. The predicted molar refractivity (Wildman–Crippen MR) is 42.9 cm³/mol. The predicted octanol–water partition coefficient (Wildman–Crippen LogP) is 1.79. The molecule has 2 fully saturated rings. The summed E-state index contributed by atoms with van der Waals surface area (Å²) < 4.78 is 0. The van der Waals surface area contributed by atoms with E-state index in [0.29, 0.717) is 5.41 Å². The van der Waals surface area contributed by atoms with E-state index in [2.05, 4.69) is 19.2 Å². The molecule has 0 aromatic rings. The van der Waals surface area contributed by atoms with Crippen LogP contribution in [0, 0.1) is 10.8 Å². The minimum Gasteiger partial charge on any atom is -0.316 e. The summed E-state index contributed by atoms with van der Waals surface area (Å²) in [4.78, 5) is 0. The Morgan fingerprint density at radius 3 is 2.20 bits per heavy atom. The lowest BCUT2D eigenvalue weighted by atomic mass is 9.78. The van der Waals surface area contributed by atoms with Gasteiger partial charge in [0.15, 0.2) is 0 Å². The third-order valence-electron chi connectivity index (χ3n) is 2.91. The van der Waals surface area contributed by atoms with Gasteiger partial charge in [-0.1, -0.05) is 13.8 Å². The Bertz CT molecular complexity index is 141.